The first kappa shape index (κ1) is 26.6. The Morgan fingerprint density at radius 1 is 0.618 bits per heavy atom. The van der Waals surface area contributed by atoms with Crippen molar-refractivity contribution in [1.82, 2.24) is 0 Å². The van der Waals surface area contributed by atoms with Crippen LogP contribution < -0.4 is 0 Å². The molecule has 0 aromatic heterocycles. The number of hydrogen-bond donors (Lipinski definition) is 0. The third-order valence-electron chi connectivity index (χ3n) is 10.3. The van der Waals surface area contributed by atoms with Gasteiger partial charge in [0.15, 0.2) is 0 Å². The van der Waals surface area contributed by atoms with E-state index < -0.39 is 0 Å². The second-order valence-electron chi connectivity index (χ2n) is 12.5. The Kier molecular flexibility index (Phi) is 11.2. The molecule has 34 heavy (non-hydrogen) atoms. The van der Waals surface area contributed by atoms with Gasteiger partial charge in [0.2, 0.25) is 0 Å². The minimum absolute atomic E-state index is 0.794. The van der Waals surface area contributed by atoms with Crippen molar-refractivity contribution < 1.29 is 0 Å². The first-order valence-electron chi connectivity index (χ1n) is 15.4. The van der Waals surface area contributed by atoms with Crippen LogP contribution in [0.4, 0.5) is 0 Å². The molecule has 1 aromatic carbocycles. The van der Waals surface area contributed by atoms with Gasteiger partial charge in [-0.25, -0.2) is 0 Å². The fourth-order valence-corrected chi connectivity index (χ4v) is 8.13. The summed E-state index contributed by atoms with van der Waals surface area (Å²) in [5.74, 6) is 6.91. The minimum atomic E-state index is 0.794. The number of hydrogen-bond acceptors (Lipinski definition) is 0. The third-order valence-corrected chi connectivity index (χ3v) is 10.5. The zero-order valence-corrected chi connectivity index (χ0v) is 23.0. The van der Waals surface area contributed by atoms with Gasteiger partial charge in [-0.2, -0.15) is 0 Å². The monoisotopic (exact) mass is 484 g/mol. The van der Waals surface area contributed by atoms with E-state index in [-0.39, 0.29) is 0 Å². The van der Waals surface area contributed by atoms with Gasteiger partial charge in [0.25, 0.3) is 0 Å². The Hall–Kier alpha value is -0.490. The van der Waals surface area contributed by atoms with Crippen LogP contribution in [0.5, 0.6) is 0 Å². The van der Waals surface area contributed by atoms with E-state index in [0.717, 1.165) is 47.8 Å². The maximum atomic E-state index is 5.82. The Labute approximate surface area is 217 Å². The molecular weight excluding hydrogens is 432 g/mol. The maximum Gasteiger partial charge on any atom is 0.0223 e. The van der Waals surface area contributed by atoms with Crippen molar-refractivity contribution in [2.45, 2.75) is 135 Å². The van der Waals surface area contributed by atoms with Crippen LogP contribution in [0.15, 0.2) is 24.3 Å². The minimum Gasteiger partial charge on any atom is -0.127 e. The number of benzene rings is 1. The van der Waals surface area contributed by atoms with E-state index in [1.807, 2.05) is 0 Å². The number of rotatable bonds is 11. The highest BCUT2D eigenvalue weighted by Crippen LogP contribution is 2.44. The molecule has 0 saturated heterocycles. The first-order valence-corrected chi connectivity index (χ1v) is 15.9. The van der Waals surface area contributed by atoms with E-state index in [1.165, 1.54) is 69.8 Å². The number of unbranched alkanes of at least 4 members (excludes halogenated alkanes) is 1. The Balaban J connectivity index is 1.09. The largest absolute Gasteiger partial charge is 0.127 e. The fourth-order valence-electron chi connectivity index (χ4n) is 7.94. The normalized spacial score (nSPS) is 32.5. The lowest BCUT2D eigenvalue weighted by Crippen LogP contribution is -2.26. The van der Waals surface area contributed by atoms with E-state index in [2.05, 4.69) is 31.2 Å². The molecule has 0 unspecified atom stereocenters. The zero-order chi connectivity index (χ0) is 23.6. The SMILES string of the molecule is CCC[C@H]1CC[C@H](C2CCC(CC[C@H]3CC[C@H](c4ccc(CCCCCl)cc4)CC3)CC2)CC1. The predicted octanol–water partition coefficient (Wildman–Crippen LogP) is 10.7. The highest BCUT2D eigenvalue weighted by atomic mass is 35.5. The van der Waals surface area contributed by atoms with Gasteiger partial charge >= 0.3 is 0 Å². The molecule has 0 spiro atoms. The van der Waals surface area contributed by atoms with Crippen LogP contribution in [0, 0.1) is 29.6 Å². The average Bonchev–Trinajstić information content (AvgIpc) is 2.89. The van der Waals surface area contributed by atoms with Crippen molar-refractivity contribution in [3.05, 3.63) is 35.4 Å². The molecule has 3 fully saturated rings. The van der Waals surface area contributed by atoms with Crippen molar-refractivity contribution in [2.75, 3.05) is 5.88 Å². The highest BCUT2D eigenvalue weighted by Gasteiger charge is 2.31. The molecule has 3 saturated carbocycles. The van der Waals surface area contributed by atoms with Gasteiger partial charge in [-0.3, -0.25) is 0 Å². The standard InChI is InChI=1S/C33H53Cl/c1-2-5-26-9-17-30(18-10-26)32-21-13-28(14-22-32)7-8-29-15-23-33(24-16-29)31-19-11-27(12-20-31)6-3-4-25-34/h11-12,19-20,26,28-30,32-33H,2-10,13-18,21-25H2,1H3/t26-,28?,29-,30-,32?,33-. The lowest BCUT2D eigenvalue weighted by molar-refractivity contribution is 0.137. The van der Waals surface area contributed by atoms with Crippen molar-refractivity contribution in [1.29, 1.82) is 0 Å². The van der Waals surface area contributed by atoms with Gasteiger partial charge in [0.1, 0.15) is 0 Å². The molecule has 0 amide bonds. The Morgan fingerprint density at radius 2 is 1.12 bits per heavy atom. The van der Waals surface area contributed by atoms with E-state index >= 15 is 0 Å². The van der Waals surface area contributed by atoms with Crippen LogP contribution in [-0.2, 0) is 6.42 Å². The van der Waals surface area contributed by atoms with E-state index in [0.29, 0.717) is 0 Å². The molecule has 1 heteroatoms. The summed E-state index contributed by atoms with van der Waals surface area (Å²) in [6.45, 7) is 2.36. The summed E-state index contributed by atoms with van der Waals surface area (Å²) in [6, 6.07) is 9.61. The summed E-state index contributed by atoms with van der Waals surface area (Å²) in [5, 5.41) is 0. The second kappa shape index (κ2) is 14.3. The van der Waals surface area contributed by atoms with Gasteiger partial charge in [-0.05, 0) is 117 Å². The lowest BCUT2D eigenvalue weighted by Gasteiger charge is -2.38. The van der Waals surface area contributed by atoms with Crippen LogP contribution in [0.3, 0.4) is 0 Å². The number of aryl methyl sites for hydroxylation is 1. The number of alkyl halides is 1. The van der Waals surface area contributed by atoms with Gasteiger partial charge in [-0.1, -0.05) is 82.6 Å². The van der Waals surface area contributed by atoms with Gasteiger partial charge in [-0.15, -0.1) is 11.6 Å². The molecule has 3 aliphatic rings. The summed E-state index contributed by atoms with van der Waals surface area (Å²) < 4.78 is 0. The topological polar surface area (TPSA) is 0 Å². The number of halogens is 1. The fraction of sp³-hybridized carbons (Fsp3) is 0.818. The van der Waals surface area contributed by atoms with Crippen LogP contribution in [0.2, 0.25) is 0 Å². The summed E-state index contributed by atoms with van der Waals surface area (Å²) in [7, 11) is 0. The van der Waals surface area contributed by atoms with Crippen molar-refractivity contribution in [2.24, 2.45) is 29.6 Å². The van der Waals surface area contributed by atoms with Crippen LogP contribution >= 0.6 is 11.6 Å². The molecule has 0 N–H and O–H groups in total. The van der Waals surface area contributed by atoms with Crippen molar-refractivity contribution in [3.8, 4) is 0 Å². The first-order chi connectivity index (χ1) is 16.7. The molecule has 1 aromatic rings. The van der Waals surface area contributed by atoms with Crippen LogP contribution in [0.1, 0.15) is 140 Å². The summed E-state index contributed by atoms with van der Waals surface area (Å²) in [4.78, 5) is 0. The summed E-state index contributed by atoms with van der Waals surface area (Å²) in [6.07, 6.45) is 27.7. The zero-order valence-electron chi connectivity index (χ0n) is 22.3. The van der Waals surface area contributed by atoms with Crippen molar-refractivity contribution in [3.63, 3.8) is 0 Å². The van der Waals surface area contributed by atoms with E-state index in [9.17, 15) is 0 Å². The molecule has 4 rings (SSSR count). The highest BCUT2D eigenvalue weighted by molar-refractivity contribution is 6.17. The molecule has 3 aliphatic carbocycles. The van der Waals surface area contributed by atoms with Crippen LogP contribution in [0.25, 0.3) is 0 Å². The quantitative estimate of drug-likeness (QED) is 0.216. The molecule has 0 bridgehead atoms. The lowest BCUT2D eigenvalue weighted by atomic mass is 9.68. The Bertz CT molecular complexity index is 654. The third kappa shape index (κ3) is 8.01. The van der Waals surface area contributed by atoms with Gasteiger partial charge in [0, 0.05) is 5.88 Å². The average molecular weight is 485 g/mol. The maximum absolute atomic E-state index is 5.82. The smallest absolute Gasteiger partial charge is 0.0223 e. The summed E-state index contributed by atoms with van der Waals surface area (Å²) >= 11 is 5.82. The summed E-state index contributed by atoms with van der Waals surface area (Å²) in [5.41, 5.74) is 3.09. The molecule has 0 atom stereocenters. The molecule has 0 aliphatic heterocycles. The van der Waals surface area contributed by atoms with Gasteiger partial charge in [0.05, 0.1) is 0 Å². The Morgan fingerprint density at radius 3 is 1.62 bits per heavy atom. The van der Waals surface area contributed by atoms with Crippen molar-refractivity contribution >= 4 is 11.6 Å². The van der Waals surface area contributed by atoms with E-state index in [4.69, 9.17) is 11.6 Å². The molecule has 0 heterocycles. The van der Waals surface area contributed by atoms with Crippen LogP contribution in [-0.4, -0.2) is 5.88 Å². The molecular formula is C33H53Cl. The van der Waals surface area contributed by atoms with Gasteiger partial charge < -0.3 is 0 Å². The molecule has 0 radical (unpaired) electrons. The second-order valence-corrected chi connectivity index (χ2v) is 12.9. The van der Waals surface area contributed by atoms with E-state index in [1.54, 1.807) is 56.9 Å². The molecule has 192 valence electrons. The molecule has 0 nitrogen and oxygen atoms in total. The predicted molar refractivity (Wildman–Crippen MR) is 150 cm³/mol.